The van der Waals surface area contributed by atoms with Crippen LogP contribution in [0.25, 0.3) is 0 Å². The Morgan fingerprint density at radius 3 is 2.38 bits per heavy atom. The predicted molar refractivity (Wildman–Crippen MR) is 82.7 cm³/mol. The molecule has 2 N–H and O–H groups in total. The molecule has 0 unspecified atom stereocenters. The topological polar surface area (TPSA) is 37.0 Å². The molecule has 0 aromatic carbocycles. The van der Waals surface area contributed by atoms with E-state index >= 15 is 0 Å². The Bertz CT molecular complexity index is 613. The van der Waals surface area contributed by atoms with E-state index in [1.165, 1.54) is 11.3 Å². The molecule has 0 fully saturated rings. The minimum atomic E-state index is -4.39. The van der Waals surface area contributed by atoms with Crippen LogP contribution in [0.15, 0.2) is 28.1 Å². The molecule has 0 aliphatic heterocycles. The Hall–Kier alpha value is -1.28. The zero-order valence-corrected chi connectivity index (χ0v) is 13.5. The summed E-state index contributed by atoms with van der Waals surface area (Å²) in [5, 5.41) is 5.73. The monoisotopic (exact) mass is 379 g/mol. The third kappa shape index (κ3) is 4.60. The Morgan fingerprint density at radius 2 is 1.86 bits per heavy atom. The summed E-state index contributed by atoms with van der Waals surface area (Å²) in [5.41, 5.74) is -0.719. The number of anilines is 2. The van der Waals surface area contributed by atoms with Gasteiger partial charge in [-0.15, -0.1) is 11.3 Å². The van der Waals surface area contributed by atoms with E-state index < -0.39 is 11.7 Å². The Morgan fingerprint density at radius 1 is 1.19 bits per heavy atom. The van der Waals surface area contributed by atoms with Crippen molar-refractivity contribution in [2.75, 3.05) is 17.2 Å². The van der Waals surface area contributed by atoms with Gasteiger partial charge in [-0.3, -0.25) is 0 Å². The van der Waals surface area contributed by atoms with Crippen LogP contribution in [0.5, 0.6) is 0 Å². The molecule has 2 aromatic heterocycles. The third-order valence-electron chi connectivity index (χ3n) is 2.58. The number of nitrogens with zero attached hydrogens (tertiary/aromatic N) is 1. The molecule has 0 saturated heterocycles. The van der Waals surface area contributed by atoms with E-state index in [1.54, 1.807) is 6.92 Å². The highest BCUT2D eigenvalue weighted by atomic mass is 79.9. The molecule has 0 bridgehead atoms. The van der Waals surface area contributed by atoms with Gasteiger partial charge in [-0.2, -0.15) is 13.2 Å². The molecule has 0 radical (unpaired) electrons. The van der Waals surface area contributed by atoms with Crippen molar-refractivity contribution in [3.63, 3.8) is 0 Å². The second kappa shape index (κ2) is 6.65. The second-order valence-electron chi connectivity index (χ2n) is 4.21. The van der Waals surface area contributed by atoms with Gasteiger partial charge in [0.25, 0.3) is 0 Å². The van der Waals surface area contributed by atoms with Crippen molar-refractivity contribution in [2.24, 2.45) is 0 Å². The minimum absolute atomic E-state index is 0.199. The molecule has 2 heterocycles. The number of thiophene rings is 1. The summed E-state index contributed by atoms with van der Waals surface area (Å²) in [4.78, 5) is 5.13. The molecule has 2 aromatic rings. The van der Waals surface area contributed by atoms with Crippen LogP contribution in [-0.4, -0.2) is 11.5 Å². The first kappa shape index (κ1) is 16.1. The van der Waals surface area contributed by atoms with Crippen LogP contribution in [0.3, 0.4) is 0 Å². The number of aromatic nitrogens is 1. The van der Waals surface area contributed by atoms with Gasteiger partial charge in [0.15, 0.2) is 0 Å². The molecular weight excluding hydrogens is 367 g/mol. The molecule has 0 atom stereocenters. The highest BCUT2D eigenvalue weighted by Crippen LogP contribution is 2.32. The maximum Gasteiger partial charge on any atom is 0.416 e. The third-order valence-corrected chi connectivity index (χ3v) is 4.21. The number of alkyl halides is 3. The van der Waals surface area contributed by atoms with Crippen molar-refractivity contribution < 1.29 is 13.2 Å². The lowest BCUT2D eigenvalue weighted by atomic mass is 10.2. The number of pyridine rings is 1. The van der Waals surface area contributed by atoms with E-state index in [0.29, 0.717) is 13.1 Å². The Balaban J connectivity index is 2.19. The van der Waals surface area contributed by atoms with Crippen LogP contribution in [0, 0.1) is 0 Å². The van der Waals surface area contributed by atoms with E-state index in [2.05, 4.69) is 31.5 Å². The molecule has 3 nitrogen and oxygen atoms in total. The molecule has 8 heteroatoms. The van der Waals surface area contributed by atoms with Crippen molar-refractivity contribution in [3.05, 3.63) is 38.5 Å². The van der Waals surface area contributed by atoms with E-state index in [4.69, 9.17) is 0 Å². The highest BCUT2D eigenvalue weighted by Gasteiger charge is 2.31. The summed E-state index contributed by atoms with van der Waals surface area (Å²) < 4.78 is 39.6. The predicted octanol–water partition coefficient (Wildman–Crippen LogP) is 4.97. The summed E-state index contributed by atoms with van der Waals surface area (Å²) in [6.07, 6.45) is -4.39. The number of hydrogen-bond donors (Lipinski definition) is 2. The average Bonchev–Trinajstić information content (AvgIpc) is 2.81. The van der Waals surface area contributed by atoms with Gasteiger partial charge in [-0.25, -0.2) is 4.98 Å². The van der Waals surface area contributed by atoms with Crippen LogP contribution in [-0.2, 0) is 12.7 Å². The molecule has 2 rings (SSSR count). The normalized spacial score (nSPS) is 11.5. The van der Waals surface area contributed by atoms with Gasteiger partial charge in [0.05, 0.1) is 15.9 Å². The maximum atomic E-state index is 12.9. The largest absolute Gasteiger partial charge is 0.416 e. The van der Waals surface area contributed by atoms with E-state index in [-0.39, 0.29) is 11.6 Å². The SMILES string of the molecule is CCNc1cc(C(F)(F)F)cc(NCc2ccc(Br)s2)n1. The number of hydrogen-bond acceptors (Lipinski definition) is 4. The van der Waals surface area contributed by atoms with E-state index in [1.807, 2.05) is 12.1 Å². The molecule has 0 spiro atoms. The van der Waals surface area contributed by atoms with Crippen LogP contribution < -0.4 is 10.6 Å². The standard InChI is InChI=1S/C13H13BrF3N3S/c1-2-18-11-5-8(13(15,16)17)6-12(20-11)19-7-9-3-4-10(14)21-9/h3-6H,2,7H2,1H3,(H2,18,19,20). The summed E-state index contributed by atoms with van der Waals surface area (Å²) in [6.45, 7) is 2.74. The molecule has 0 saturated carbocycles. The van der Waals surface area contributed by atoms with E-state index in [0.717, 1.165) is 20.8 Å². The summed E-state index contributed by atoms with van der Waals surface area (Å²) in [5.74, 6) is 0.410. The van der Waals surface area contributed by atoms with Crippen molar-refractivity contribution >= 4 is 38.9 Å². The average molecular weight is 380 g/mol. The first-order valence-corrected chi connectivity index (χ1v) is 7.80. The van der Waals surface area contributed by atoms with Crippen molar-refractivity contribution in [3.8, 4) is 0 Å². The molecular formula is C13H13BrF3N3S. The first-order valence-electron chi connectivity index (χ1n) is 6.19. The van der Waals surface area contributed by atoms with Gasteiger partial charge in [0, 0.05) is 11.4 Å². The Kier molecular flexibility index (Phi) is 5.10. The number of nitrogens with one attached hydrogen (secondary N) is 2. The first-order chi connectivity index (χ1) is 9.88. The van der Waals surface area contributed by atoms with Gasteiger partial charge in [0.2, 0.25) is 0 Å². The van der Waals surface area contributed by atoms with Gasteiger partial charge in [0.1, 0.15) is 11.6 Å². The van der Waals surface area contributed by atoms with Gasteiger partial charge in [-0.05, 0) is 47.1 Å². The van der Waals surface area contributed by atoms with Gasteiger partial charge >= 0.3 is 6.18 Å². The summed E-state index contributed by atoms with van der Waals surface area (Å²) in [6, 6.07) is 5.83. The lowest BCUT2D eigenvalue weighted by Gasteiger charge is -2.13. The van der Waals surface area contributed by atoms with Crippen LogP contribution in [0.2, 0.25) is 0 Å². The quantitative estimate of drug-likeness (QED) is 0.769. The van der Waals surface area contributed by atoms with Crippen molar-refractivity contribution in [1.82, 2.24) is 4.98 Å². The Labute approximate surface area is 132 Å². The molecule has 0 aliphatic carbocycles. The maximum absolute atomic E-state index is 12.9. The number of halogens is 4. The fourth-order valence-corrected chi connectivity index (χ4v) is 3.10. The summed E-state index contributed by atoms with van der Waals surface area (Å²) in [7, 11) is 0. The zero-order valence-electron chi connectivity index (χ0n) is 11.1. The van der Waals surface area contributed by atoms with Crippen molar-refractivity contribution in [1.29, 1.82) is 0 Å². The fraction of sp³-hybridized carbons (Fsp3) is 0.308. The number of rotatable bonds is 5. The fourth-order valence-electron chi connectivity index (χ4n) is 1.68. The van der Waals surface area contributed by atoms with Crippen LogP contribution >= 0.6 is 27.3 Å². The molecule has 114 valence electrons. The van der Waals surface area contributed by atoms with Gasteiger partial charge < -0.3 is 10.6 Å². The molecule has 21 heavy (non-hydrogen) atoms. The second-order valence-corrected chi connectivity index (χ2v) is 6.76. The highest BCUT2D eigenvalue weighted by molar-refractivity contribution is 9.11. The smallest absolute Gasteiger partial charge is 0.370 e. The van der Waals surface area contributed by atoms with E-state index in [9.17, 15) is 13.2 Å². The molecule has 0 aliphatic rings. The lowest BCUT2D eigenvalue weighted by Crippen LogP contribution is -2.10. The summed E-state index contributed by atoms with van der Waals surface area (Å²) >= 11 is 4.86. The minimum Gasteiger partial charge on any atom is -0.370 e. The zero-order chi connectivity index (χ0) is 15.5. The van der Waals surface area contributed by atoms with Crippen LogP contribution in [0.4, 0.5) is 24.8 Å². The van der Waals surface area contributed by atoms with Gasteiger partial charge in [-0.1, -0.05) is 0 Å². The lowest BCUT2D eigenvalue weighted by molar-refractivity contribution is -0.137. The van der Waals surface area contributed by atoms with Crippen molar-refractivity contribution in [2.45, 2.75) is 19.6 Å². The van der Waals surface area contributed by atoms with Crippen LogP contribution in [0.1, 0.15) is 17.4 Å². The molecule has 0 amide bonds.